The van der Waals surface area contributed by atoms with Gasteiger partial charge in [0.1, 0.15) is 0 Å². The number of hydrogen-bond acceptors (Lipinski definition) is 1. The fourth-order valence-electron chi connectivity index (χ4n) is 1.04. The van der Waals surface area contributed by atoms with E-state index in [4.69, 9.17) is 0 Å². The van der Waals surface area contributed by atoms with Gasteiger partial charge in [-0.15, -0.1) is 0 Å². The van der Waals surface area contributed by atoms with Crippen LogP contribution in [0.25, 0.3) is 6.08 Å². The Bertz CT molecular complexity index is 424. The summed E-state index contributed by atoms with van der Waals surface area (Å²) in [5.74, 6) is 0.165. The molecule has 0 atom stereocenters. The molecule has 0 saturated carbocycles. The zero-order valence-corrected chi connectivity index (χ0v) is 10.8. The van der Waals surface area contributed by atoms with Crippen LogP contribution in [0.4, 0.5) is 0 Å². The molecular weight excluding hydrogens is 306 g/mol. The van der Waals surface area contributed by atoms with Gasteiger partial charge in [-0.05, 0) is 0 Å². The van der Waals surface area contributed by atoms with Crippen LogP contribution >= 0.6 is 0 Å². The zero-order valence-electron chi connectivity index (χ0n) is 7.34. The van der Waals surface area contributed by atoms with Gasteiger partial charge in [-0.25, -0.2) is 0 Å². The molecule has 2 heterocycles. The van der Waals surface area contributed by atoms with E-state index >= 15 is 0 Å². The molecule has 2 rings (SSSR count). The van der Waals surface area contributed by atoms with Crippen molar-refractivity contribution in [2.24, 2.45) is 0 Å². The molecule has 70 valence electrons. The summed E-state index contributed by atoms with van der Waals surface area (Å²) in [6.45, 7) is 0. The predicted molar refractivity (Wildman–Crippen MR) is 60.1 cm³/mol. The molecule has 2 aromatic rings. The third-order valence-electron chi connectivity index (χ3n) is 1.71. The molecule has 14 heavy (non-hydrogen) atoms. The molecule has 3 heteroatoms. The van der Waals surface area contributed by atoms with Crippen LogP contribution in [0.2, 0.25) is 0 Å². The normalized spacial score (nSPS) is 10.9. The Kier molecular flexibility index (Phi) is 3.39. The van der Waals surface area contributed by atoms with Crippen molar-refractivity contribution in [1.29, 1.82) is 0 Å². The Labute approximate surface area is 94.6 Å². The summed E-state index contributed by atoms with van der Waals surface area (Å²) >= 11 is 0.694. The molecule has 0 bridgehead atoms. The molecule has 1 nitrogen and oxygen atoms in total. The average Bonchev–Trinajstić information content (AvgIpc) is 2.87. The quantitative estimate of drug-likeness (QED) is 0.479. The molecule has 0 amide bonds. The number of ketones is 1. The Balaban J connectivity index is 2.09. The second kappa shape index (κ2) is 4.77. The van der Waals surface area contributed by atoms with E-state index in [9.17, 15) is 4.79 Å². The van der Waals surface area contributed by atoms with Crippen molar-refractivity contribution in [1.82, 2.24) is 0 Å². The van der Waals surface area contributed by atoms with E-state index in [0.717, 1.165) is 4.44 Å². The number of rotatable bonds is 3. The molecule has 0 aromatic carbocycles. The number of allylic oxidation sites excluding steroid dienone is 1. The summed E-state index contributed by atoms with van der Waals surface area (Å²) in [6.07, 6.45) is 3.64. The van der Waals surface area contributed by atoms with Crippen LogP contribution in [-0.2, 0) is 0 Å². The fraction of sp³-hybridized carbons (Fsp3) is 0. The molecule has 0 fully saturated rings. The Morgan fingerprint density at radius 1 is 1.14 bits per heavy atom. The summed E-state index contributed by atoms with van der Waals surface area (Å²) in [4.78, 5) is 15.8. The maximum absolute atomic E-state index is 11.6. The average molecular weight is 314 g/mol. The van der Waals surface area contributed by atoms with Crippen molar-refractivity contribution in [3.8, 4) is 0 Å². The predicted octanol–water partition coefficient (Wildman–Crippen LogP) is 1.70. The monoisotopic (exact) mass is 316 g/mol. The standard InChI is InChI=1S/C11H8OSe2/c12-10(11-4-2-8-14-11)6-5-9-3-1-7-13-9/h1-8H. The van der Waals surface area contributed by atoms with Gasteiger partial charge < -0.3 is 0 Å². The van der Waals surface area contributed by atoms with Crippen molar-refractivity contribution in [2.45, 2.75) is 0 Å². The minimum absolute atomic E-state index is 0.165. The van der Waals surface area contributed by atoms with Crippen molar-refractivity contribution < 1.29 is 4.79 Å². The van der Waals surface area contributed by atoms with Crippen LogP contribution in [0.3, 0.4) is 0 Å². The molecule has 0 N–H and O–H groups in total. The first kappa shape index (κ1) is 9.94. The van der Waals surface area contributed by atoms with Crippen molar-refractivity contribution in [2.75, 3.05) is 0 Å². The van der Waals surface area contributed by atoms with E-state index in [2.05, 4.69) is 15.9 Å². The Morgan fingerprint density at radius 2 is 1.93 bits per heavy atom. The van der Waals surface area contributed by atoms with Gasteiger partial charge in [0.2, 0.25) is 0 Å². The van der Waals surface area contributed by atoms with Gasteiger partial charge in [0.25, 0.3) is 0 Å². The first-order valence-electron chi connectivity index (χ1n) is 4.16. The molecule has 0 saturated heterocycles. The van der Waals surface area contributed by atoms with Gasteiger partial charge >= 0.3 is 94.8 Å². The molecule has 0 aliphatic carbocycles. The van der Waals surface area contributed by atoms with Crippen molar-refractivity contribution in [3.05, 3.63) is 49.1 Å². The number of carbonyl (C=O) groups excluding carboxylic acids is 1. The molecule has 2 aromatic heterocycles. The van der Waals surface area contributed by atoms with Gasteiger partial charge in [0.05, 0.1) is 0 Å². The first-order valence-corrected chi connectivity index (χ1v) is 7.85. The number of carbonyl (C=O) groups is 1. The van der Waals surface area contributed by atoms with Crippen LogP contribution in [-0.4, -0.2) is 34.8 Å². The number of hydrogen-bond donors (Lipinski definition) is 0. The topological polar surface area (TPSA) is 17.1 Å². The summed E-state index contributed by atoms with van der Waals surface area (Å²) in [6, 6.07) is 7.99. The van der Waals surface area contributed by atoms with Crippen molar-refractivity contribution >= 4 is 40.9 Å². The van der Waals surface area contributed by atoms with Crippen LogP contribution < -0.4 is 0 Å². The van der Waals surface area contributed by atoms with E-state index in [-0.39, 0.29) is 20.3 Å². The molecule has 0 radical (unpaired) electrons. The maximum atomic E-state index is 11.6. The minimum atomic E-state index is 0.165. The Hall–Kier alpha value is -0.591. The van der Waals surface area contributed by atoms with Crippen LogP contribution in [0.15, 0.2) is 40.2 Å². The third kappa shape index (κ3) is 2.46. The van der Waals surface area contributed by atoms with E-state index < -0.39 is 0 Å². The molecule has 0 spiro atoms. The first-order chi connectivity index (χ1) is 6.86. The van der Waals surface area contributed by atoms with Gasteiger partial charge in [0.15, 0.2) is 0 Å². The van der Waals surface area contributed by atoms with E-state index in [0.29, 0.717) is 14.5 Å². The fourth-order valence-corrected chi connectivity index (χ4v) is 3.69. The van der Waals surface area contributed by atoms with Gasteiger partial charge in [0, 0.05) is 0 Å². The third-order valence-corrected chi connectivity index (χ3v) is 5.32. The second-order valence-corrected chi connectivity index (χ2v) is 6.73. The van der Waals surface area contributed by atoms with Crippen LogP contribution in [0.1, 0.15) is 13.7 Å². The van der Waals surface area contributed by atoms with E-state index in [1.54, 1.807) is 6.08 Å². The zero-order chi connectivity index (χ0) is 9.80. The van der Waals surface area contributed by atoms with Gasteiger partial charge in [-0.1, -0.05) is 0 Å². The molecule has 0 aliphatic heterocycles. The van der Waals surface area contributed by atoms with Gasteiger partial charge in [-0.3, -0.25) is 0 Å². The summed E-state index contributed by atoms with van der Waals surface area (Å²) in [5.41, 5.74) is 0. The molecule has 0 aliphatic rings. The SMILES string of the molecule is O=C(C=Cc1ccc[se]1)c1ccc[se]1. The summed E-state index contributed by atoms with van der Waals surface area (Å²) in [5, 5.41) is 0. The second-order valence-electron chi connectivity index (χ2n) is 2.69. The van der Waals surface area contributed by atoms with Gasteiger partial charge in [-0.2, -0.15) is 0 Å². The van der Waals surface area contributed by atoms with Crippen LogP contribution in [0.5, 0.6) is 0 Å². The molecule has 0 unspecified atom stereocenters. The molecular formula is C11H8OSe2. The summed E-state index contributed by atoms with van der Waals surface area (Å²) < 4.78 is 2.22. The van der Waals surface area contributed by atoms with Crippen LogP contribution in [0, 0.1) is 0 Å². The summed E-state index contributed by atoms with van der Waals surface area (Å²) in [7, 11) is 0. The van der Waals surface area contributed by atoms with E-state index in [1.807, 2.05) is 24.3 Å². The Morgan fingerprint density at radius 3 is 2.57 bits per heavy atom. The van der Waals surface area contributed by atoms with E-state index in [1.165, 1.54) is 4.44 Å². The van der Waals surface area contributed by atoms with Crippen molar-refractivity contribution in [3.63, 3.8) is 0 Å².